The molecule has 1 aliphatic heterocycles. The lowest BCUT2D eigenvalue weighted by atomic mass is 10.0. The summed E-state index contributed by atoms with van der Waals surface area (Å²) in [5.41, 5.74) is 2.01. The lowest BCUT2D eigenvalue weighted by Crippen LogP contribution is -2.35. The molecule has 0 aromatic heterocycles. The van der Waals surface area contributed by atoms with Crippen molar-refractivity contribution >= 4 is 27.8 Å². The fourth-order valence-electron chi connectivity index (χ4n) is 2.02. The monoisotopic (exact) mass is 293 g/mol. The standard InChI is InChI=1S/C14H16BrNO/c1-2-16-7-6-14(17)12(10-16)8-11-4-3-5-13(15)9-11/h3-5,8-9H,2,6-7,10H2,1H3/b12-8+. The molecule has 0 N–H and O–H groups in total. The van der Waals surface area contributed by atoms with E-state index in [-0.39, 0.29) is 5.78 Å². The van der Waals surface area contributed by atoms with E-state index in [1.807, 2.05) is 30.3 Å². The molecule has 3 heteroatoms. The summed E-state index contributed by atoms with van der Waals surface area (Å²) in [6.07, 6.45) is 2.66. The summed E-state index contributed by atoms with van der Waals surface area (Å²) < 4.78 is 1.04. The largest absolute Gasteiger partial charge is 0.299 e. The first-order valence-electron chi connectivity index (χ1n) is 5.90. The summed E-state index contributed by atoms with van der Waals surface area (Å²) in [6, 6.07) is 8.03. The number of benzene rings is 1. The van der Waals surface area contributed by atoms with Crippen LogP contribution in [0.5, 0.6) is 0 Å². The number of likely N-dealkylation sites (N-methyl/N-ethyl adjacent to an activating group) is 1. The van der Waals surface area contributed by atoms with Gasteiger partial charge in [0, 0.05) is 29.6 Å². The van der Waals surface area contributed by atoms with Crippen molar-refractivity contribution in [3.8, 4) is 0 Å². The minimum atomic E-state index is 0.287. The first-order chi connectivity index (χ1) is 8.19. The van der Waals surface area contributed by atoms with E-state index in [9.17, 15) is 4.79 Å². The van der Waals surface area contributed by atoms with Crippen molar-refractivity contribution in [2.75, 3.05) is 19.6 Å². The maximum atomic E-state index is 11.8. The second kappa shape index (κ2) is 5.61. The predicted octanol–water partition coefficient (Wildman–Crippen LogP) is 3.13. The Morgan fingerprint density at radius 3 is 3.00 bits per heavy atom. The second-order valence-electron chi connectivity index (χ2n) is 4.27. The first-order valence-corrected chi connectivity index (χ1v) is 6.70. The zero-order valence-electron chi connectivity index (χ0n) is 9.95. The molecular weight excluding hydrogens is 278 g/mol. The lowest BCUT2D eigenvalue weighted by molar-refractivity contribution is -0.117. The number of Topliss-reactive ketones (excluding diaryl/α,β-unsaturated/α-hetero) is 1. The summed E-state index contributed by atoms with van der Waals surface area (Å²) in [6.45, 7) is 4.81. The summed E-state index contributed by atoms with van der Waals surface area (Å²) in [5, 5.41) is 0. The average Bonchev–Trinajstić information content (AvgIpc) is 2.32. The van der Waals surface area contributed by atoms with Crippen LogP contribution in [0.3, 0.4) is 0 Å². The molecule has 1 aromatic rings. The molecule has 0 atom stereocenters. The minimum absolute atomic E-state index is 0.287. The predicted molar refractivity (Wildman–Crippen MR) is 73.9 cm³/mol. The van der Waals surface area contributed by atoms with Crippen molar-refractivity contribution < 1.29 is 4.79 Å². The van der Waals surface area contributed by atoms with Crippen molar-refractivity contribution in [3.63, 3.8) is 0 Å². The Bertz CT molecular complexity index is 453. The summed E-state index contributed by atoms with van der Waals surface area (Å²) in [7, 11) is 0. The molecule has 1 saturated heterocycles. The van der Waals surface area contributed by atoms with E-state index in [0.717, 1.165) is 35.2 Å². The quantitative estimate of drug-likeness (QED) is 0.781. The molecule has 0 saturated carbocycles. The first kappa shape index (κ1) is 12.5. The summed E-state index contributed by atoms with van der Waals surface area (Å²) >= 11 is 3.44. The third kappa shape index (κ3) is 3.27. The molecule has 2 nitrogen and oxygen atoms in total. The van der Waals surface area contributed by atoms with Crippen LogP contribution in [-0.4, -0.2) is 30.3 Å². The molecule has 1 fully saturated rings. The minimum Gasteiger partial charge on any atom is -0.299 e. The number of hydrogen-bond donors (Lipinski definition) is 0. The maximum absolute atomic E-state index is 11.8. The Morgan fingerprint density at radius 2 is 2.29 bits per heavy atom. The molecule has 1 aromatic carbocycles. The molecule has 0 bridgehead atoms. The van der Waals surface area contributed by atoms with Gasteiger partial charge in [0.15, 0.2) is 5.78 Å². The Hall–Kier alpha value is -0.930. The van der Waals surface area contributed by atoms with Crippen LogP contribution in [0, 0.1) is 0 Å². The van der Waals surface area contributed by atoms with Gasteiger partial charge in [0.2, 0.25) is 0 Å². The Labute approximate surface area is 110 Å². The zero-order valence-corrected chi connectivity index (χ0v) is 11.5. The van der Waals surface area contributed by atoms with Crippen LogP contribution in [0.15, 0.2) is 34.3 Å². The van der Waals surface area contributed by atoms with Gasteiger partial charge < -0.3 is 0 Å². The number of hydrogen-bond acceptors (Lipinski definition) is 2. The Morgan fingerprint density at radius 1 is 1.47 bits per heavy atom. The van der Waals surface area contributed by atoms with Gasteiger partial charge in [0.25, 0.3) is 0 Å². The average molecular weight is 294 g/mol. The zero-order chi connectivity index (χ0) is 12.3. The van der Waals surface area contributed by atoms with Crippen LogP contribution in [-0.2, 0) is 4.79 Å². The van der Waals surface area contributed by atoms with Crippen molar-refractivity contribution in [1.29, 1.82) is 0 Å². The highest BCUT2D eigenvalue weighted by atomic mass is 79.9. The molecule has 1 aliphatic rings. The highest BCUT2D eigenvalue weighted by Gasteiger charge is 2.19. The number of likely N-dealkylation sites (tertiary alicyclic amines) is 1. The van der Waals surface area contributed by atoms with Crippen LogP contribution in [0.1, 0.15) is 18.9 Å². The summed E-state index contributed by atoms with van der Waals surface area (Å²) in [5.74, 6) is 0.287. The van der Waals surface area contributed by atoms with E-state index in [1.54, 1.807) is 0 Å². The molecule has 0 aliphatic carbocycles. The highest BCUT2D eigenvalue weighted by Crippen LogP contribution is 2.18. The molecular formula is C14H16BrNO. The van der Waals surface area contributed by atoms with Crippen LogP contribution in [0.25, 0.3) is 6.08 Å². The normalized spacial score (nSPS) is 19.9. The molecule has 0 radical (unpaired) electrons. The summed E-state index contributed by atoms with van der Waals surface area (Å²) in [4.78, 5) is 14.1. The third-order valence-corrected chi connectivity index (χ3v) is 3.54. The van der Waals surface area contributed by atoms with Crippen molar-refractivity contribution in [3.05, 3.63) is 39.9 Å². The van der Waals surface area contributed by atoms with E-state index in [0.29, 0.717) is 6.42 Å². The van der Waals surface area contributed by atoms with Gasteiger partial charge in [0.1, 0.15) is 0 Å². The van der Waals surface area contributed by atoms with Crippen LogP contribution in [0.2, 0.25) is 0 Å². The third-order valence-electron chi connectivity index (χ3n) is 3.04. The van der Waals surface area contributed by atoms with Gasteiger partial charge >= 0.3 is 0 Å². The van der Waals surface area contributed by atoms with Gasteiger partial charge in [-0.3, -0.25) is 9.69 Å². The van der Waals surface area contributed by atoms with Gasteiger partial charge in [-0.2, -0.15) is 0 Å². The van der Waals surface area contributed by atoms with Crippen molar-refractivity contribution in [2.45, 2.75) is 13.3 Å². The smallest absolute Gasteiger partial charge is 0.161 e. The SMILES string of the molecule is CCN1CCC(=O)/C(=C/c2cccc(Br)c2)C1. The molecule has 0 spiro atoms. The fraction of sp³-hybridized carbons (Fsp3) is 0.357. The topological polar surface area (TPSA) is 20.3 Å². The van der Waals surface area contributed by atoms with Gasteiger partial charge in [-0.05, 0) is 30.3 Å². The molecule has 0 amide bonds. The molecule has 2 rings (SSSR count). The van der Waals surface area contributed by atoms with Gasteiger partial charge in [-0.25, -0.2) is 0 Å². The van der Waals surface area contributed by atoms with E-state index in [1.165, 1.54) is 0 Å². The van der Waals surface area contributed by atoms with E-state index >= 15 is 0 Å². The van der Waals surface area contributed by atoms with Crippen molar-refractivity contribution in [2.24, 2.45) is 0 Å². The van der Waals surface area contributed by atoms with E-state index in [2.05, 4.69) is 27.8 Å². The van der Waals surface area contributed by atoms with Gasteiger partial charge in [-0.15, -0.1) is 0 Å². The maximum Gasteiger partial charge on any atom is 0.161 e. The Balaban J connectivity index is 2.22. The number of piperidine rings is 1. The molecule has 1 heterocycles. The van der Waals surface area contributed by atoms with E-state index < -0.39 is 0 Å². The number of nitrogens with zero attached hydrogens (tertiary/aromatic N) is 1. The van der Waals surface area contributed by atoms with Gasteiger partial charge in [0.05, 0.1) is 0 Å². The lowest BCUT2D eigenvalue weighted by Gasteiger charge is -2.26. The number of rotatable bonds is 2. The Kier molecular flexibility index (Phi) is 4.13. The fourth-order valence-corrected chi connectivity index (χ4v) is 2.44. The highest BCUT2D eigenvalue weighted by molar-refractivity contribution is 9.10. The van der Waals surface area contributed by atoms with Crippen LogP contribution in [0.4, 0.5) is 0 Å². The van der Waals surface area contributed by atoms with Crippen LogP contribution < -0.4 is 0 Å². The number of carbonyl (C=O) groups is 1. The second-order valence-corrected chi connectivity index (χ2v) is 5.18. The number of carbonyl (C=O) groups excluding carboxylic acids is 1. The van der Waals surface area contributed by atoms with Crippen molar-refractivity contribution in [1.82, 2.24) is 4.90 Å². The van der Waals surface area contributed by atoms with Gasteiger partial charge in [-0.1, -0.05) is 35.0 Å². The van der Waals surface area contributed by atoms with E-state index in [4.69, 9.17) is 0 Å². The molecule has 17 heavy (non-hydrogen) atoms. The molecule has 90 valence electrons. The number of halogens is 1. The van der Waals surface area contributed by atoms with Crippen LogP contribution >= 0.6 is 15.9 Å². The number of ketones is 1. The molecule has 0 unspecified atom stereocenters.